The van der Waals surface area contributed by atoms with Gasteiger partial charge in [-0.3, -0.25) is 0 Å². The summed E-state index contributed by atoms with van der Waals surface area (Å²) in [6.07, 6.45) is 4.71. The van der Waals surface area contributed by atoms with Crippen molar-refractivity contribution in [3.8, 4) is 0 Å². The maximum Gasteiger partial charge on any atom is 0.114 e. The topological polar surface area (TPSA) is 24.8 Å². The highest BCUT2D eigenvalue weighted by molar-refractivity contribution is 5.61. The van der Waals surface area contributed by atoms with E-state index in [4.69, 9.17) is 4.84 Å². The first-order valence-electron chi connectivity index (χ1n) is 5.28. The largest absolute Gasteiger partial charge is 0.396 e. The molecule has 0 spiro atoms. The zero-order valence-electron chi connectivity index (χ0n) is 8.28. The quantitative estimate of drug-likeness (QED) is 0.486. The first-order valence-corrected chi connectivity index (χ1v) is 5.28. The lowest BCUT2D eigenvalue weighted by Gasteiger charge is -2.43. The van der Waals surface area contributed by atoms with Crippen molar-refractivity contribution in [1.82, 2.24) is 4.90 Å². The van der Waals surface area contributed by atoms with E-state index in [1.54, 1.807) is 0 Å². The van der Waals surface area contributed by atoms with Crippen molar-refractivity contribution in [1.29, 1.82) is 0 Å². The average molecular weight is 182 g/mol. The summed E-state index contributed by atoms with van der Waals surface area (Å²) >= 11 is 0. The van der Waals surface area contributed by atoms with Gasteiger partial charge in [0.15, 0.2) is 0 Å². The van der Waals surface area contributed by atoms with Gasteiger partial charge in [0.25, 0.3) is 0 Å². The van der Waals surface area contributed by atoms with Crippen molar-refractivity contribution in [3.63, 3.8) is 0 Å². The Bertz CT molecular complexity index is 185. The van der Waals surface area contributed by atoms with E-state index < -0.39 is 0 Å². The summed E-state index contributed by atoms with van der Waals surface area (Å²) in [6.45, 7) is 6.43. The van der Waals surface area contributed by atoms with Gasteiger partial charge in [-0.25, -0.2) is 0 Å². The van der Waals surface area contributed by atoms with E-state index in [1.165, 1.54) is 32.5 Å². The molecule has 0 amide bonds. The van der Waals surface area contributed by atoms with Crippen LogP contribution in [0.4, 0.5) is 0 Å². The van der Waals surface area contributed by atoms with E-state index in [2.05, 4.69) is 10.1 Å². The van der Waals surface area contributed by atoms with Crippen LogP contribution in [0.5, 0.6) is 0 Å². The van der Waals surface area contributed by atoms with Crippen LogP contribution in [-0.4, -0.2) is 37.4 Å². The summed E-state index contributed by atoms with van der Waals surface area (Å²) in [6, 6.07) is 0. The second-order valence-electron chi connectivity index (χ2n) is 3.97. The van der Waals surface area contributed by atoms with Gasteiger partial charge in [-0.2, -0.15) is 0 Å². The van der Waals surface area contributed by atoms with Crippen LogP contribution in [0.3, 0.4) is 0 Å². The Morgan fingerprint density at radius 1 is 1.46 bits per heavy atom. The van der Waals surface area contributed by atoms with E-state index in [-0.39, 0.29) is 0 Å². The Kier molecular flexibility index (Phi) is 2.83. The minimum Gasteiger partial charge on any atom is -0.396 e. The normalized spacial score (nSPS) is 38.4. The van der Waals surface area contributed by atoms with Gasteiger partial charge >= 0.3 is 0 Å². The van der Waals surface area contributed by atoms with Gasteiger partial charge in [0, 0.05) is 18.7 Å². The minimum atomic E-state index is 0.647. The van der Waals surface area contributed by atoms with E-state index in [1.807, 2.05) is 13.1 Å². The average Bonchev–Trinajstić information content (AvgIpc) is 2.20. The first-order chi connectivity index (χ1) is 6.40. The molecule has 0 aromatic rings. The fraction of sp³-hybridized carbons (Fsp3) is 0.900. The molecule has 3 nitrogen and oxygen atoms in total. The molecule has 3 heterocycles. The van der Waals surface area contributed by atoms with E-state index in [0.717, 1.165) is 5.92 Å². The lowest BCUT2D eigenvalue weighted by atomic mass is 9.80. The second-order valence-corrected chi connectivity index (χ2v) is 3.97. The van der Waals surface area contributed by atoms with Crippen molar-refractivity contribution in [2.45, 2.75) is 19.8 Å². The Labute approximate surface area is 79.7 Å². The molecule has 74 valence electrons. The van der Waals surface area contributed by atoms with Gasteiger partial charge < -0.3 is 9.74 Å². The van der Waals surface area contributed by atoms with Gasteiger partial charge in [0.2, 0.25) is 0 Å². The Hall–Kier alpha value is -0.570. The first kappa shape index (κ1) is 9.00. The second kappa shape index (κ2) is 4.09. The van der Waals surface area contributed by atoms with E-state index in [9.17, 15) is 0 Å². The van der Waals surface area contributed by atoms with E-state index >= 15 is 0 Å². The number of piperidine rings is 3. The molecular formula is C10H18N2O. The maximum absolute atomic E-state index is 4.99. The smallest absolute Gasteiger partial charge is 0.114 e. The molecule has 3 aliphatic rings. The van der Waals surface area contributed by atoms with Gasteiger partial charge in [0.1, 0.15) is 6.61 Å². The summed E-state index contributed by atoms with van der Waals surface area (Å²) in [5.41, 5.74) is 0. The number of oxime groups is 1. The van der Waals surface area contributed by atoms with Gasteiger partial charge in [-0.15, -0.1) is 0 Å². The SMILES string of the molecule is CCON=CC1CN2CCC1CC2. The highest BCUT2D eigenvalue weighted by atomic mass is 16.6. The predicted molar refractivity (Wildman–Crippen MR) is 52.8 cm³/mol. The Morgan fingerprint density at radius 2 is 2.23 bits per heavy atom. The molecule has 1 atom stereocenters. The molecule has 1 unspecified atom stereocenters. The van der Waals surface area contributed by atoms with Crippen LogP contribution in [-0.2, 0) is 4.84 Å². The molecule has 2 bridgehead atoms. The fourth-order valence-corrected chi connectivity index (χ4v) is 2.38. The molecule has 0 aromatic heterocycles. The van der Waals surface area contributed by atoms with Crippen molar-refractivity contribution >= 4 is 6.21 Å². The number of nitrogens with zero attached hydrogens (tertiary/aromatic N) is 2. The lowest BCUT2D eigenvalue weighted by molar-refractivity contribution is 0.0804. The van der Waals surface area contributed by atoms with Crippen molar-refractivity contribution in [2.24, 2.45) is 17.0 Å². The Morgan fingerprint density at radius 3 is 2.77 bits per heavy atom. The summed E-state index contributed by atoms with van der Waals surface area (Å²) in [5, 5.41) is 3.98. The van der Waals surface area contributed by atoms with Crippen molar-refractivity contribution in [2.75, 3.05) is 26.2 Å². The number of hydrogen-bond donors (Lipinski definition) is 0. The molecule has 0 saturated carbocycles. The molecule has 3 rings (SSSR count). The van der Waals surface area contributed by atoms with Gasteiger partial charge in [0.05, 0.1) is 0 Å². The molecule has 0 radical (unpaired) electrons. The third kappa shape index (κ3) is 2.02. The standard InChI is InChI=1S/C10H18N2O/c1-2-13-11-7-10-8-12-5-3-9(10)4-6-12/h7,9-10H,2-6,8H2,1H3. The molecule has 0 N–H and O–H groups in total. The number of fused-ring (bicyclic) bond motifs is 3. The van der Waals surface area contributed by atoms with Gasteiger partial charge in [-0.1, -0.05) is 5.16 Å². The Balaban J connectivity index is 1.86. The molecular weight excluding hydrogens is 164 g/mol. The number of rotatable bonds is 3. The highest BCUT2D eigenvalue weighted by Gasteiger charge is 2.32. The zero-order valence-corrected chi connectivity index (χ0v) is 8.28. The highest BCUT2D eigenvalue weighted by Crippen LogP contribution is 2.30. The summed E-state index contributed by atoms with van der Waals surface area (Å²) in [7, 11) is 0. The van der Waals surface area contributed by atoms with Crippen LogP contribution in [0.2, 0.25) is 0 Å². The molecule has 0 aliphatic carbocycles. The predicted octanol–water partition coefficient (Wildman–Crippen LogP) is 1.35. The van der Waals surface area contributed by atoms with Crippen LogP contribution in [0, 0.1) is 11.8 Å². The monoisotopic (exact) mass is 182 g/mol. The number of hydrogen-bond acceptors (Lipinski definition) is 3. The van der Waals surface area contributed by atoms with Crippen LogP contribution >= 0.6 is 0 Å². The van der Waals surface area contributed by atoms with Crippen LogP contribution in [0.1, 0.15) is 19.8 Å². The molecule has 0 aromatic carbocycles. The fourth-order valence-electron chi connectivity index (χ4n) is 2.38. The van der Waals surface area contributed by atoms with Crippen LogP contribution in [0.15, 0.2) is 5.16 Å². The molecule has 3 aliphatic heterocycles. The van der Waals surface area contributed by atoms with Crippen LogP contribution in [0.25, 0.3) is 0 Å². The molecule has 3 fully saturated rings. The van der Waals surface area contributed by atoms with E-state index in [0.29, 0.717) is 12.5 Å². The lowest BCUT2D eigenvalue weighted by Crippen LogP contribution is -2.47. The summed E-state index contributed by atoms with van der Waals surface area (Å²) in [5.74, 6) is 1.52. The van der Waals surface area contributed by atoms with Gasteiger partial charge in [-0.05, 0) is 38.8 Å². The summed E-state index contributed by atoms with van der Waals surface area (Å²) in [4.78, 5) is 7.53. The third-order valence-corrected chi connectivity index (χ3v) is 3.16. The minimum absolute atomic E-state index is 0.647. The van der Waals surface area contributed by atoms with Crippen LogP contribution < -0.4 is 0 Å². The summed E-state index contributed by atoms with van der Waals surface area (Å²) < 4.78 is 0. The molecule has 3 saturated heterocycles. The van der Waals surface area contributed by atoms with Crippen molar-refractivity contribution < 1.29 is 4.84 Å². The third-order valence-electron chi connectivity index (χ3n) is 3.16. The maximum atomic E-state index is 4.99. The van der Waals surface area contributed by atoms with Crippen molar-refractivity contribution in [3.05, 3.63) is 0 Å². The molecule has 3 heteroatoms. The molecule has 13 heavy (non-hydrogen) atoms. The zero-order chi connectivity index (χ0) is 9.10.